The van der Waals surface area contributed by atoms with Crippen LogP contribution in [0.3, 0.4) is 0 Å². The number of ether oxygens (including phenoxy) is 2. The summed E-state index contributed by atoms with van der Waals surface area (Å²) in [6, 6.07) is 12.9. The van der Waals surface area contributed by atoms with Crippen molar-refractivity contribution in [1.82, 2.24) is 10.3 Å². The van der Waals surface area contributed by atoms with Gasteiger partial charge in [-0.15, -0.1) is 11.3 Å². The van der Waals surface area contributed by atoms with Crippen LogP contribution in [0.5, 0.6) is 5.75 Å². The maximum atomic E-state index is 14.3. The second-order valence-corrected chi connectivity index (χ2v) is 13.2. The Labute approximate surface area is 278 Å². The first-order valence-corrected chi connectivity index (χ1v) is 17.0. The summed E-state index contributed by atoms with van der Waals surface area (Å²) in [4.78, 5) is 46.2. The summed E-state index contributed by atoms with van der Waals surface area (Å²) in [5.74, 6) is -0.388. The van der Waals surface area contributed by atoms with Crippen LogP contribution in [0.25, 0.3) is 21.6 Å². The van der Waals surface area contributed by atoms with Crippen LogP contribution in [-0.4, -0.2) is 43.0 Å². The molecule has 0 radical (unpaired) electrons. The Balaban J connectivity index is 1.44. The SMILES string of the molecule is COC(=O)c1nc(C(=O)NCC2CCCCC2)ccc1-c1cc2c(cc1C(=O)Nc1c(C)cc(CN)cc1C)-c1sccc1CCO2. The Morgan fingerprint density at radius 3 is 2.47 bits per heavy atom. The van der Waals surface area contributed by atoms with Gasteiger partial charge in [0.25, 0.3) is 11.8 Å². The topological polar surface area (TPSA) is 133 Å². The minimum Gasteiger partial charge on any atom is -0.493 e. The zero-order valence-corrected chi connectivity index (χ0v) is 27.9. The molecule has 2 amide bonds. The van der Waals surface area contributed by atoms with Crippen molar-refractivity contribution in [3.63, 3.8) is 0 Å². The summed E-state index contributed by atoms with van der Waals surface area (Å²) in [5, 5.41) is 8.15. The van der Waals surface area contributed by atoms with Crippen molar-refractivity contribution in [3.8, 4) is 27.3 Å². The van der Waals surface area contributed by atoms with Crippen LogP contribution < -0.4 is 21.1 Å². The summed E-state index contributed by atoms with van der Waals surface area (Å²) in [6.45, 7) is 5.30. The number of nitrogens with two attached hydrogens (primary N) is 1. The first-order valence-electron chi connectivity index (χ1n) is 16.1. The van der Waals surface area contributed by atoms with Crippen molar-refractivity contribution in [2.24, 2.45) is 11.7 Å². The number of rotatable bonds is 8. The molecule has 1 aliphatic heterocycles. The first kappa shape index (κ1) is 32.4. The number of methoxy groups -OCH3 is 1. The fourth-order valence-electron chi connectivity index (χ4n) is 6.65. The third kappa shape index (κ3) is 6.80. The van der Waals surface area contributed by atoms with E-state index >= 15 is 0 Å². The molecule has 244 valence electrons. The highest BCUT2D eigenvalue weighted by atomic mass is 32.1. The molecule has 9 nitrogen and oxygen atoms in total. The lowest BCUT2D eigenvalue weighted by Gasteiger charge is -2.21. The van der Waals surface area contributed by atoms with Gasteiger partial charge in [0, 0.05) is 52.3 Å². The van der Waals surface area contributed by atoms with Crippen LogP contribution in [0.4, 0.5) is 5.69 Å². The van der Waals surface area contributed by atoms with Gasteiger partial charge in [0.2, 0.25) is 0 Å². The summed E-state index contributed by atoms with van der Waals surface area (Å²) >= 11 is 1.59. The van der Waals surface area contributed by atoms with E-state index in [4.69, 9.17) is 15.2 Å². The quantitative estimate of drug-likeness (QED) is 0.178. The molecule has 1 saturated carbocycles. The number of nitrogens with zero attached hydrogens (tertiary/aromatic N) is 1. The van der Waals surface area contributed by atoms with E-state index in [-0.39, 0.29) is 23.2 Å². The molecule has 1 aliphatic carbocycles. The average molecular weight is 653 g/mol. The van der Waals surface area contributed by atoms with E-state index in [1.165, 1.54) is 26.4 Å². The standard InChI is InChI=1S/C37H40N4O5S/c1-21-15-24(19-38)16-22(2)32(21)41-35(42)28-17-29-31(46-13-11-25-12-14-47-34(25)29)18-27(28)26-9-10-30(40-33(26)37(44)45-3)36(43)39-20-23-7-5-4-6-8-23/h9-10,12,14-18,23H,4-8,11,13,19-20,38H2,1-3H3,(H,39,43)(H,41,42). The van der Waals surface area contributed by atoms with Crippen LogP contribution in [0.1, 0.15) is 85.7 Å². The van der Waals surface area contributed by atoms with Gasteiger partial charge in [0.1, 0.15) is 11.4 Å². The average Bonchev–Trinajstić information content (AvgIpc) is 3.49. The summed E-state index contributed by atoms with van der Waals surface area (Å²) in [6.07, 6.45) is 6.50. The number of carbonyl (C=O) groups is 3. The molecule has 4 aromatic rings. The van der Waals surface area contributed by atoms with Crippen molar-refractivity contribution in [2.75, 3.05) is 25.6 Å². The highest BCUT2D eigenvalue weighted by molar-refractivity contribution is 7.13. The number of nitrogens with one attached hydrogen (secondary N) is 2. The lowest BCUT2D eigenvalue weighted by atomic mass is 9.89. The third-order valence-electron chi connectivity index (χ3n) is 9.12. The monoisotopic (exact) mass is 652 g/mol. The minimum absolute atomic E-state index is 0.0584. The van der Waals surface area contributed by atoms with E-state index in [2.05, 4.69) is 21.7 Å². The normalized spacial score (nSPS) is 14.3. The molecule has 6 rings (SSSR count). The maximum Gasteiger partial charge on any atom is 0.357 e. The number of hydrogen-bond acceptors (Lipinski definition) is 8. The summed E-state index contributed by atoms with van der Waals surface area (Å²) in [7, 11) is 1.27. The van der Waals surface area contributed by atoms with Gasteiger partial charge in [0.15, 0.2) is 5.69 Å². The summed E-state index contributed by atoms with van der Waals surface area (Å²) in [5.41, 5.74) is 12.5. The zero-order valence-electron chi connectivity index (χ0n) is 27.0. The van der Waals surface area contributed by atoms with Crippen LogP contribution in [-0.2, 0) is 17.7 Å². The predicted octanol–water partition coefficient (Wildman–Crippen LogP) is 6.84. The number of hydrogen-bond donors (Lipinski definition) is 3. The highest BCUT2D eigenvalue weighted by Gasteiger charge is 2.27. The number of benzene rings is 2. The summed E-state index contributed by atoms with van der Waals surface area (Å²) < 4.78 is 11.3. The van der Waals surface area contributed by atoms with Gasteiger partial charge in [0.05, 0.1) is 13.7 Å². The fourth-order valence-corrected chi connectivity index (χ4v) is 7.63. The lowest BCUT2D eigenvalue weighted by molar-refractivity contribution is 0.0594. The molecule has 0 saturated heterocycles. The largest absolute Gasteiger partial charge is 0.493 e. The number of thiophene rings is 1. The number of carbonyl (C=O) groups excluding carboxylic acids is 3. The smallest absolute Gasteiger partial charge is 0.357 e. The number of anilines is 1. The Hall–Kier alpha value is -4.54. The van der Waals surface area contributed by atoms with Gasteiger partial charge in [-0.1, -0.05) is 31.4 Å². The number of fused-ring (bicyclic) bond motifs is 3. The molecule has 0 unspecified atom stereocenters. The lowest BCUT2D eigenvalue weighted by Crippen LogP contribution is -2.31. The third-order valence-corrected chi connectivity index (χ3v) is 10.1. The van der Waals surface area contributed by atoms with Gasteiger partial charge < -0.3 is 25.8 Å². The molecular weight excluding hydrogens is 612 g/mol. The second kappa shape index (κ2) is 14.1. The van der Waals surface area contributed by atoms with E-state index in [0.717, 1.165) is 52.0 Å². The maximum absolute atomic E-state index is 14.3. The molecule has 2 aliphatic rings. The molecule has 4 N–H and O–H groups in total. The van der Waals surface area contributed by atoms with Crippen LogP contribution in [0.2, 0.25) is 0 Å². The second-order valence-electron chi connectivity index (χ2n) is 12.3. The number of aryl methyl sites for hydroxylation is 2. The van der Waals surface area contributed by atoms with Gasteiger partial charge in [-0.3, -0.25) is 9.59 Å². The molecular formula is C37H40N4O5S. The van der Waals surface area contributed by atoms with Crippen LogP contribution in [0, 0.1) is 19.8 Å². The van der Waals surface area contributed by atoms with Gasteiger partial charge in [-0.2, -0.15) is 0 Å². The zero-order chi connectivity index (χ0) is 33.1. The number of esters is 1. The van der Waals surface area contributed by atoms with E-state index in [9.17, 15) is 14.4 Å². The number of aromatic nitrogens is 1. The molecule has 3 heterocycles. The van der Waals surface area contributed by atoms with Gasteiger partial charge in [-0.05, 0) is 90.6 Å². The highest BCUT2D eigenvalue weighted by Crippen LogP contribution is 2.43. The Morgan fingerprint density at radius 1 is 0.979 bits per heavy atom. The first-order chi connectivity index (χ1) is 22.8. The van der Waals surface area contributed by atoms with Crippen molar-refractivity contribution in [3.05, 3.63) is 87.0 Å². The van der Waals surface area contributed by atoms with Crippen molar-refractivity contribution >= 4 is 34.8 Å². The number of amides is 2. The molecule has 0 spiro atoms. The Morgan fingerprint density at radius 2 is 1.74 bits per heavy atom. The Bertz CT molecular complexity index is 1820. The fraction of sp³-hybridized carbons (Fsp3) is 0.351. The molecule has 47 heavy (non-hydrogen) atoms. The molecule has 2 aromatic carbocycles. The molecule has 0 bridgehead atoms. The van der Waals surface area contributed by atoms with Crippen molar-refractivity contribution in [2.45, 2.75) is 58.9 Å². The molecule has 2 aromatic heterocycles. The predicted molar refractivity (Wildman–Crippen MR) is 184 cm³/mol. The minimum atomic E-state index is -0.714. The van der Waals surface area contributed by atoms with Gasteiger partial charge in [-0.25, -0.2) is 9.78 Å². The van der Waals surface area contributed by atoms with E-state index < -0.39 is 5.97 Å². The Kier molecular flexibility index (Phi) is 9.70. The van der Waals surface area contributed by atoms with Crippen LogP contribution in [0.15, 0.2) is 47.8 Å². The molecule has 0 atom stereocenters. The van der Waals surface area contributed by atoms with Gasteiger partial charge >= 0.3 is 5.97 Å². The van der Waals surface area contributed by atoms with Crippen LogP contribution >= 0.6 is 11.3 Å². The van der Waals surface area contributed by atoms with E-state index in [0.29, 0.717) is 53.7 Å². The van der Waals surface area contributed by atoms with Crippen molar-refractivity contribution < 1.29 is 23.9 Å². The van der Waals surface area contributed by atoms with Crippen molar-refractivity contribution in [1.29, 1.82) is 0 Å². The number of pyridine rings is 1. The van der Waals surface area contributed by atoms with E-state index in [1.807, 2.05) is 37.4 Å². The molecule has 10 heteroatoms. The molecule has 1 fully saturated rings. The van der Waals surface area contributed by atoms with E-state index in [1.54, 1.807) is 29.5 Å².